The summed E-state index contributed by atoms with van der Waals surface area (Å²) < 4.78 is 12.8. The van der Waals surface area contributed by atoms with Crippen molar-refractivity contribution in [1.29, 1.82) is 0 Å². The van der Waals surface area contributed by atoms with Crippen LogP contribution in [-0.2, 0) is 5.54 Å². The quantitative estimate of drug-likeness (QED) is 0.745. The van der Waals surface area contributed by atoms with Crippen molar-refractivity contribution in [3.63, 3.8) is 0 Å². The van der Waals surface area contributed by atoms with Crippen LogP contribution in [0.3, 0.4) is 0 Å². The van der Waals surface area contributed by atoms with Crippen LogP contribution in [-0.4, -0.2) is 0 Å². The first-order valence-corrected chi connectivity index (χ1v) is 4.53. The molecule has 0 radical (unpaired) electrons. The van der Waals surface area contributed by atoms with Crippen LogP contribution in [0.2, 0.25) is 0 Å². The fourth-order valence-electron chi connectivity index (χ4n) is 1.46. The summed E-state index contributed by atoms with van der Waals surface area (Å²) in [6, 6.07) is 4.76. The van der Waals surface area contributed by atoms with Gasteiger partial charge in [0.25, 0.3) is 0 Å². The number of rotatable bonds is 2. The molecule has 0 fully saturated rings. The van der Waals surface area contributed by atoms with Crippen molar-refractivity contribution in [2.75, 3.05) is 0 Å². The van der Waals surface area contributed by atoms with Crippen LogP contribution >= 0.6 is 0 Å². The number of benzene rings is 1. The average molecular weight is 181 g/mol. The van der Waals surface area contributed by atoms with Gasteiger partial charge in [-0.1, -0.05) is 13.0 Å². The molecule has 0 saturated carbocycles. The molecular formula is C11H16FN. The maximum absolute atomic E-state index is 12.8. The third-order valence-electron chi connectivity index (χ3n) is 2.54. The zero-order valence-electron chi connectivity index (χ0n) is 8.39. The van der Waals surface area contributed by atoms with Gasteiger partial charge in [0, 0.05) is 5.54 Å². The molecule has 1 nitrogen and oxygen atoms in total. The summed E-state index contributed by atoms with van der Waals surface area (Å²) in [5.41, 5.74) is 7.66. The monoisotopic (exact) mass is 181 g/mol. The van der Waals surface area contributed by atoms with Gasteiger partial charge in [-0.3, -0.25) is 0 Å². The van der Waals surface area contributed by atoms with Crippen LogP contribution in [0.5, 0.6) is 0 Å². The van der Waals surface area contributed by atoms with Crippen molar-refractivity contribution in [1.82, 2.24) is 0 Å². The van der Waals surface area contributed by atoms with Gasteiger partial charge in [0.2, 0.25) is 0 Å². The lowest BCUT2D eigenvalue weighted by Gasteiger charge is -2.25. The zero-order valence-corrected chi connectivity index (χ0v) is 8.39. The molecule has 0 spiro atoms. The van der Waals surface area contributed by atoms with Crippen LogP contribution in [0.1, 0.15) is 31.4 Å². The summed E-state index contributed by atoms with van der Waals surface area (Å²) in [5, 5.41) is 0. The molecule has 0 aliphatic heterocycles. The SMILES string of the molecule is CCC(C)(N)c1ccc(F)cc1C. The Morgan fingerprint density at radius 1 is 1.46 bits per heavy atom. The Balaban J connectivity index is 3.16. The standard InChI is InChI=1S/C11H16FN/c1-4-11(3,13)10-6-5-9(12)7-8(10)2/h5-7H,4,13H2,1-3H3. The van der Waals surface area contributed by atoms with Gasteiger partial charge in [0.1, 0.15) is 5.82 Å². The van der Waals surface area contributed by atoms with E-state index in [0.717, 1.165) is 17.5 Å². The van der Waals surface area contributed by atoms with Crippen LogP contribution in [0, 0.1) is 12.7 Å². The Morgan fingerprint density at radius 3 is 2.54 bits per heavy atom. The number of aryl methyl sites for hydroxylation is 1. The number of hydrogen-bond donors (Lipinski definition) is 1. The molecule has 0 amide bonds. The highest BCUT2D eigenvalue weighted by Gasteiger charge is 2.20. The van der Waals surface area contributed by atoms with E-state index in [9.17, 15) is 4.39 Å². The maximum Gasteiger partial charge on any atom is 0.123 e. The molecule has 1 atom stereocenters. The normalized spacial score (nSPS) is 15.5. The van der Waals surface area contributed by atoms with Crippen LogP contribution in [0.15, 0.2) is 18.2 Å². The van der Waals surface area contributed by atoms with E-state index < -0.39 is 0 Å². The number of nitrogens with two attached hydrogens (primary N) is 1. The van der Waals surface area contributed by atoms with E-state index >= 15 is 0 Å². The Hall–Kier alpha value is -0.890. The molecule has 2 heteroatoms. The summed E-state index contributed by atoms with van der Waals surface area (Å²) in [7, 11) is 0. The first-order valence-electron chi connectivity index (χ1n) is 4.53. The second-order valence-electron chi connectivity index (χ2n) is 3.73. The summed E-state index contributed by atoms with van der Waals surface area (Å²) in [6.07, 6.45) is 0.847. The lowest BCUT2D eigenvalue weighted by molar-refractivity contribution is 0.472. The predicted octanol–water partition coefficient (Wildman–Crippen LogP) is 2.72. The van der Waals surface area contributed by atoms with E-state index in [1.165, 1.54) is 12.1 Å². The Labute approximate surface area is 78.8 Å². The van der Waals surface area contributed by atoms with E-state index in [0.29, 0.717) is 0 Å². The molecule has 0 heterocycles. The van der Waals surface area contributed by atoms with Gasteiger partial charge >= 0.3 is 0 Å². The molecule has 0 aromatic heterocycles. The molecular weight excluding hydrogens is 165 g/mol. The fraction of sp³-hybridized carbons (Fsp3) is 0.455. The van der Waals surface area contributed by atoms with Gasteiger partial charge in [-0.25, -0.2) is 4.39 Å². The Morgan fingerprint density at radius 2 is 2.08 bits per heavy atom. The first kappa shape index (κ1) is 10.2. The molecule has 13 heavy (non-hydrogen) atoms. The fourth-order valence-corrected chi connectivity index (χ4v) is 1.46. The van der Waals surface area contributed by atoms with E-state index in [2.05, 4.69) is 0 Å². The van der Waals surface area contributed by atoms with Gasteiger partial charge in [0.05, 0.1) is 0 Å². The zero-order chi connectivity index (χ0) is 10.1. The Kier molecular flexibility index (Phi) is 2.71. The lowest BCUT2D eigenvalue weighted by atomic mass is 9.87. The average Bonchev–Trinajstić information content (AvgIpc) is 2.03. The molecule has 0 aliphatic carbocycles. The van der Waals surface area contributed by atoms with E-state index in [1.54, 1.807) is 6.07 Å². The number of halogens is 1. The highest BCUT2D eigenvalue weighted by molar-refractivity contribution is 5.32. The van der Waals surface area contributed by atoms with E-state index in [1.807, 2.05) is 20.8 Å². The Bertz CT molecular complexity index is 305. The lowest BCUT2D eigenvalue weighted by Crippen LogP contribution is -2.32. The van der Waals surface area contributed by atoms with Crippen molar-refractivity contribution in [3.8, 4) is 0 Å². The second-order valence-corrected chi connectivity index (χ2v) is 3.73. The summed E-state index contributed by atoms with van der Waals surface area (Å²) in [4.78, 5) is 0. The predicted molar refractivity (Wildman–Crippen MR) is 53.0 cm³/mol. The van der Waals surface area contributed by atoms with Gasteiger partial charge in [-0.05, 0) is 43.5 Å². The second kappa shape index (κ2) is 3.46. The van der Waals surface area contributed by atoms with Crippen molar-refractivity contribution < 1.29 is 4.39 Å². The highest BCUT2D eigenvalue weighted by atomic mass is 19.1. The van der Waals surface area contributed by atoms with Crippen molar-refractivity contribution in [2.24, 2.45) is 5.73 Å². The van der Waals surface area contributed by atoms with Gasteiger partial charge in [-0.2, -0.15) is 0 Å². The molecule has 1 unspecified atom stereocenters. The summed E-state index contributed by atoms with van der Waals surface area (Å²) in [5.74, 6) is -0.201. The van der Waals surface area contributed by atoms with Crippen LogP contribution < -0.4 is 5.73 Å². The first-order chi connectivity index (χ1) is 5.97. The van der Waals surface area contributed by atoms with Crippen molar-refractivity contribution in [3.05, 3.63) is 35.1 Å². The largest absolute Gasteiger partial charge is 0.322 e. The molecule has 1 rings (SSSR count). The van der Waals surface area contributed by atoms with E-state index in [-0.39, 0.29) is 11.4 Å². The molecule has 0 saturated heterocycles. The molecule has 0 aliphatic rings. The van der Waals surface area contributed by atoms with Gasteiger partial charge in [0.15, 0.2) is 0 Å². The molecule has 0 bridgehead atoms. The highest BCUT2D eigenvalue weighted by Crippen LogP contribution is 2.24. The smallest absolute Gasteiger partial charge is 0.123 e. The van der Waals surface area contributed by atoms with Crippen LogP contribution in [0.4, 0.5) is 4.39 Å². The third kappa shape index (κ3) is 2.07. The number of hydrogen-bond acceptors (Lipinski definition) is 1. The molecule has 2 N–H and O–H groups in total. The topological polar surface area (TPSA) is 26.0 Å². The minimum absolute atomic E-state index is 0.201. The third-order valence-corrected chi connectivity index (χ3v) is 2.54. The van der Waals surface area contributed by atoms with Gasteiger partial charge in [-0.15, -0.1) is 0 Å². The summed E-state index contributed by atoms with van der Waals surface area (Å²) >= 11 is 0. The maximum atomic E-state index is 12.8. The molecule has 1 aromatic rings. The van der Waals surface area contributed by atoms with Crippen molar-refractivity contribution >= 4 is 0 Å². The summed E-state index contributed by atoms with van der Waals surface area (Å²) in [6.45, 7) is 5.88. The van der Waals surface area contributed by atoms with Gasteiger partial charge < -0.3 is 5.73 Å². The van der Waals surface area contributed by atoms with Crippen molar-refractivity contribution in [2.45, 2.75) is 32.7 Å². The minimum atomic E-state index is -0.349. The molecule has 1 aromatic carbocycles. The van der Waals surface area contributed by atoms with E-state index in [4.69, 9.17) is 5.73 Å². The molecule has 72 valence electrons. The minimum Gasteiger partial charge on any atom is -0.322 e. The van der Waals surface area contributed by atoms with Crippen LogP contribution in [0.25, 0.3) is 0 Å².